The Morgan fingerprint density at radius 1 is 1.35 bits per heavy atom. The zero-order chi connectivity index (χ0) is 16.6. The first kappa shape index (κ1) is 16.1. The second-order valence-electron chi connectivity index (χ2n) is 6.13. The molecule has 1 aromatic rings. The summed E-state index contributed by atoms with van der Waals surface area (Å²) >= 11 is 11.4. The summed E-state index contributed by atoms with van der Waals surface area (Å²) < 4.78 is 10.7. The van der Waals surface area contributed by atoms with Gasteiger partial charge in [0, 0.05) is 0 Å². The van der Waals surface area contributed by atoms with Gasteiger partial charge in [0.25, 0.3) is 0 Å². The molecule has 7 heteroatoms. The van der Waals surface area contributed by atoms with Crippen molar-refractivity contribution in [2.24, 2.45) is 22.4 Å². The standard InChI is InChI=1S/C16H16Cl2N2O3/c1-16(2)10(6-13(17)18)14(16)15(21)20-19-7-9-3-4-11-12(5-9)23-8-22-11/h3-7,10,14H,8H2,1-2H3,(H,20,21)/b19-7+/t10-,14+/m0/s1. The predicted molar refractivity (Wildman–Crippen MR) is 88.9 cm³/mol. The van der Waals surface area contributed by atoms with Crippen molar-refractivity contribution in [2.75, 3.05) is 6.79 Å². The van der Waals surface area contributed by atoms with Crippen molar-refractivity contribution >= 4 is 35.3 Å². The highest BCUT2D eigenvalue weighted by molar-refractivity contribution is 6.55. The van der Waals surface area contributed by atoms with Gasteiger partial charge in [-0.05, 0) is 41.2 Å². The number of ether oxygens (including phenoxy) is 2. The van der Waals surface area contributed by atoms with Crippen LogP contribution in [0.4, 0.5) is 0 Å². The molecule has 2 aliphatic rings. The molecule has 0 aromatic heterocycles. The first-order valence-electron chi connectivity index (χ1n) is 7.15. The van der Waals surface area contributed by atoms with Crippen LogP contribution in [0.2, 0.25) is 0 Å². The van der Waals surface area contributed by atoms with Gasteiger partial charge >= 0.3 is 0 Å². The number of hydrogen-bond acceptors (Lipinski definition) is 4. The number of hydrogen-bond donors (Lipinski definition) is 1. The van der Waals surface area contributed by atoms with Crippen LogP contribution in [0.1, 0.15) is 19.4 Å². The highest BCUT2D eigenvalue weighted by Crippen LogP contribution is 2.59. The Morgan fingerprint density at radius 3 is 2.83 bits per heavy atom. The van der Waals surface area contributed by atoms with Gasteiger partial charge in [-0.15, -0.1) is 0 Å². The first-order chi connectivity index (χ1) is 10.9. The van der Waals surface area contributed by atoms with Crippen molar-refractivity contribution in [3.05, 3.63) is 34.3 Å². The molecule has 1 aliphatic carbocycles. The number of nitrogens with one attached hydrogen (secondary N) is 1. The predicted octanol–water partition coefficient (Wildman–Crippen LogP) is 3.46. The average Bonchev–Trinajstić information content (AvgIpc) is 2.85. The van der Waals surface area contributed by atoms with Crippen LogP contribution in [0.5, 0.6) is 11.5 Å². The second kappa shape index (κ2) is 6.06. The van der Waals surface area contributed by atoms with E-state index in [9.17, 15) is 4.79 Å². The Hall–Kier alpha value is -1.72. The highest BCUT2D eigenvalue weighted by Gasteiger charge is 2.60. The quantitative estimate of drug-likeness (QED) is 0.665. The number of amides is 1. The number of carbonyl (C=O) groups is 1. The molecular formula is C16H16Cl2N2O3. The third-order valence-electron chi connectivity index (χ3n) is 4.28. The zero-order valence-corrected chi connectivity index (χ0v) is 14.2. The first-order valence-corrected chi connectivity index (χ1v) is 7.90. The normalized spacial score (nSPS) is 23.7. The number of fused-ring (bicyclic) bond motifs is 1. The van der Waals surface area contributed by atoms with Gasteiger partial charge in [-0.3, -0.25) is 4.79 Å². The largest absolute Gasteiger partial charge is 0.454 e. The van der Waals surface area contributed by atoms with E-state index >= 15 is 0 Å². The summed E-state index contributed by atoms with van der Waals surface area (Å²) in [5.74, 6) is 1.06. The van der Waals surface area contributed by atoms with E-state index in [1.165, 1.54) is 0 Å². The van der Waals surface area contributed by atoms with Crippen molar-refractivity contribution in [1.29, 1.82) is 0 Å². The number of carbonyl (C=O) groups excluding carboxylic acids is 1. The lowest BCUT2D eigenvalue weighted by Gasteiger charge is -2.01. The van der Waals surface area contributed by atoms with Crippen molar-refractivity contribution < 1.29 is 14.3 Å². The van der Waals surface area contributed by atoms with E-state index in [0.717, 1.165) is 5.56 Å². The van der Waals surface area contributed by atoms with Crippen LogP contribution in [0, 0.1) is 17.3 Å². The summed E-state index contributed by atoms with van der Waals surface area (Å²) in [4.78, 5) is 12.2. The minimum absolute atomic E-state index is 0.0215. The fraction of sp³-hybridized carbons (Fsp3) is 0.375. The fourth-order valence-corrected chi connectivity index (χ4v) is 3.13. The fourth-order valence-electron chi connectivity index (χ4n) is 2.86. The van der Waals surface area contributed by atoms with E-state index in [0.29, 0.717) is 11.5 Å². The summed E-state index contributed by atoms with van der Waals surface area (Å²) in [5.41, 5.74) is 3.20. The van der Waals surface area contributed by atoms with E-state index in [-0.39, 0.29) is 34.4 Å². The monoisotopic (exact) mass is 354 g/mol. The molecule has 0 radical (unpaired) electrons. The third kappa shape index (κ3) is 3.31. The third-order valence-corrected chi connectivity index (χ3v) is 4.54. The summed E-state index contributed by atoms with van der Waals surface area (Å²) in [7, 11) is 0. The Morgan fingerprint density at radius 2 is 2.09 bits per heavy atom. The molecule has 1 saturated carbocycles. The van der Waals surface area contributed by atoms with Gasteiger partial charge in [0.2, 0.25) is 12.7 Å². The molecule has 0 bridgehead atoms. The lowest BCUT2D eigenvalue weighted by molar-refractivity contribution is -0.123. The van der Waals surface area contributed by atoms with Crippen LogP contribution >= 0.6 is 23.2 Å². The molecule has 0 spiro atoms. The number of halogens is 2. The Kier molecular flexibility index (Phi) is 4.25. The van der Waals surface area contributed by atoms with Crippen molar-refractivity contribution in [3.63, 3.8) is 0 Å². The van der Waals surface area contributed by atoms with E-state index in [1.807, 2.05) is 19.9 Å². The molecule has 5 nitrogen and oxygen atoms in total. The molecule has 1 aromatic carbocycles. The number of hydrazone groups is 1. The lowest BCUT2D eigenvalue weighted by atomic mass is 10.1. The summed E-state index contributed by atoms with van der Waals surface area (Å²) in [6.07, 6.45) is 3.27. The molecule has 3 rings (SSSR count). The lowest BCUT2D eigenvalue weighted by Crippen LogP contribution is -2.21. The van der Waals surface area contributed by atoms with Crippen LogP contribution in [-0.4, -0.2) is 18.9 Å². The highest BCUT2D eigenvalue weighted by atomic mass is 35.5. The van der Waals surface area contributed by atoms with Crippen molar-refractivity contribution in [3.8, 4) is 11.5 Å². The van der Waals surface area contributed by atoms with Crippen molar-refractivity contribution in [2.45, 2.75) is 13.8 Å². The molecule has 2 atom stereocenters. The van der Waals surface area contributed by atoms with E-state index < -0.39 is 0 Å². The zero-order valence-electron chi connectivity index (χ0n) is 12.7. The molecule has 122 valence electrons. The SMILES string of the molecule is CC1(C)[C@@H](C=C(Cl)Cl)[C@@H]1C(=O)N/N=C/c1ccc2c(c1)OCO2. The number of nitrogens with zero attached hydrogens (tertiary/aromatic N) is 1. The Labute approximate surface area is 144 Å². The van der Waals surface area contributed by atoms with Gasteiger partial charge in [0.1, 0.15) is 4.49 Å². The van der Waals surface area contributed by atoms with E-state index in [4.69, 9.17) is 32.7 Å². The average molecular weight is 355 g/mol. The van der Waals surface area contributed by atoms with E-state index in [2.05, 4.69) is 10.5 Å². The van der Waals surface area contributed by atoms with Gasteiger partial charge in [0.15, 0.2) is 11.5 Å². The van der Waals surface area contributed by atoms with E-state index in [1.54, 1.807) is 24.4 Å². The van der Waals surface area contributed by atoms with Gasteiger partial charge in [-0.25, -0.2) is 5.43 Å². The smallest absolute Gasteiger partial charge is 0.244 e. The summed E-state index contributed by atoms with van der Waals surface area (Å²) in [6.45, 7) is 4.22. The molecule has 23 heavy (non-hydrogen) atoms. The maximum absolute atomic E-state index is 12.2. The molecule has 0 saturated heterocycles. The number of benzene rings is 1. The molecular weight excluding hydrogens is 339 g/mol. The molecule has 1 fully saturated rings. The molecule has 1 aliphatic heterocycles. The van der Waals surface area contributed by atoms with Gasteiger partial charge in [0.05, 0.1) is 12.1 Å². The molecule has 0 unspecified atom stereocenters. The summed E-state index contributed by atoms with van der Waals surface area (Å²) in [5, 5.41) is 4.00. The second-order valence-corrected chi connectivity index (χ2v) is 7.14. The minimum Gasteiger partial charge on any atom is -0.454 e. The maximum atomic E-state index is 12.2. The van der Waals surface area contributed by atoms with Crippen molar-refractivity contribution in [1.82, 2.24) is 5.43 Å². The van der Waals surface area contributed by atoms with Crippen LogP contribution in [-0.2, 0) is 4.79 Å². The number of rotatable bonds is 4. The minimum atomic E-state index is -0.191. The molecule has 1 N–H and O–H groups in total. The number of allylic oxidation sites excluding steroid dienone is 1. The van der Waals surface area contributed by atoms with Crippen LogP contribution in [0.25, 0.3) is 0 Å². The Balaban J connectivity index is 1.60. The molecule has 1 heterocycles. The Bertz CT molecular complexity index is 697. The summed E-state index contributed by atoms with van der Waals surface area (Å²) in [6, 6.07) is 5.44. The van der Waals surface area contributed by atoms with Gasteiger partial charge < -0.3 is 9.47 Å². The van der Waals surface area contributed by atoms with Gasteiger partial charge in [-0.1, -0.05) is 37.0 Å². The van der Waals surface area contributed by atoms with Crippen LogP contribution in [0.15, 0.2) is 33.9 Å². The topological polar surface area (TPSA) is 59.9 Å². The van der Waals surface area contributed by atoms with Gasteiger partial charge in [-0.2, -0.15) is 5.10 Å². The maximum Gasteiger partial charge on any atom is 0.244 e. The van der Waals surface area contributed by atoms with Crippen LogP contribution < -0.4 is 14.9 Å². The molecule has 1 amide bonds. The van der Waals surface area contributed by atoms with Crippen LogP contribution in [0.3, 0.4) is 0 Å².